The number of likely N-dealkylation sites (tertiary alicyclic amines) is 1. The number of hydrogen-bond donors (Lipinski definition) is 0. The summed E-state index contributed by atoms with van der Waals surface area (Å²) in [5.41, 5.74) is -0.671. The molecular formula is C19H28BrNO5S. The minimum atomic E-state index is -3.48. The Labute approximate surface area is 170 Å². The Morgan fingerprint density at radius 3 is 2.26 bits per heavy atom. The number of sulfone groups is 1. The Bertz CT molecular complexity index is 747. The molecule has 0 spiro atoms. The molecule has 1 fully saturated rings. The highest BCUT2D eigenvalue weighted by Gasteiger charge is 2.34. The molecule has 0 N–H and O–H groups in total. The molecule has 27 heavy (non-hydrogen) atoms. The Hall–Kier alpha value is -1.12. The van der Waals surface area contributed by atoms with Gasteiger partial charge in [0.1, 0.15) is 5.60 Å². The zero-order chi connectivity index (χ0) is 20.3. The lowest BCUT2D eigenvalue weighted by molar-refractivity contribution is -0.00348. The van der Waals surface area contributed by atoms with Crippen molar-refractivity contribution in [2.75, 3.05) is 25.6 Å². The first-order valence-electron chi connectivity index (χ1n) is 8.94. The number of halogens is 1. The molecule has 1 saturated heterocycles. The first-order chi connectivity index (χ1) is 12.4. The van der Waals surface area contributed by atoms with Crippen LogP contribution in [0.1, 0.15) is 40.5 Å². The van der Waals surface area contributed by atoms with Gasteiger partial charge in [-0.2, -0.15) is 0 Å². The second-order valence-corrected chi connectivity index (χ2v) is 11.2. The number of rotatable bonds is 5. The van der Waals surface area contributed by atoms with Crippen molar-refractivity contribution >= 4 is 31.9 Å². The Morgan fingerprint density at radius 1 is 1.19 bits per heavy atom. The summed E-state index contributed by atoms with van der Waals surface area (Å²) < 4.78 is 36.5. The zero-order valence-corrected chi connectivity index (χ0v) is 18.7. The van der Waals surface area contributed by atoms with Gasteiger partial charge < -0.3 is 14.4 Å². The van der Waals surface area contributed by atoms with Crippen molar-refractivity contribution in [3.05, 3.63) is 28.7 Å². The van der Waals surface area contributed by atoms with Gasteiger partial charge in [0.25, 0.3) is 0 Å². The van der Waals surface area contributed by atoms with Crippen molar-refractivity contribution in [3.63, 3.8) is 0 Å². The molecule has 152 valence electrons. The molecule has 0 aliphatic carbocycles. The Balaban J connectivity index is 1.83. The molecule has 1 heterocycles. The third-order valence-electron chi connectivity index (χ3n) is 4.48. The van der Waals surface area contributed by atoms with Crippen molar-refractivity contribution < 1.29 is 22.7 Å². The maximum Gasteiger partial charge on any atom is 0.410 e. The van der Waals surface area contributed by atoms with E-state index in [0.717, 1.165) is 17.3 Å². The molecule has 1 aliphatic heterocycles. The molecule has 0 bridgehead atoms. The fourth-order valence-corrected chi connectivity index (χ4v) is 4.06. The second-order valence-electron chi connectivity index (χ2n) is 8.31. The number of carbonyl (C=O) groups excluding carboxylic acids is 1. The average Bonchev–Trinajstić information content (AvgIpc) is 2.54. The molecule has 0 aromatic heterocycles. The predicted octanol–water partition coefficient (Wildman–Crippen LogP) is 4.23. The Morgan fingerprint density at radius 2 is 1.74 bits per heavy atom. The quantitative estimate of drug-likeness (QED) is 0.655. The molecule has 0 unspecified atom stereocenters. The summed E-state index contributed by atoms with van der Waals surface area (Å²) in [7, 11) is -3.48. The number of piperidine rings is 1. The Kier molecular flexibility index (Phi) is 6.97. The van der Waals surface area contributed by atoms with Crippen LogP contribution in [0.25, 0.3) is 0 Å². The minimum Gasteiger partial charge on any atom is -0.444 e. The largest absolute Gasteiger partial charge is 0.444 e. The lowest BCUT2D eigenvalue weighted by Crippen LogP contribution is -2.45. The molecule has 6 nitrogen and oxygen atoms in total. The smallest absolute Gasteiger partial charge is 0.410 e. The maximum absolute atomic E-state index is 12.4. The number of amides is 1. The van der Waals surface area contributed by atoms with Crippen LogP contribution in [0.5, 0.6) is 0 Å². The lowest BCUT2D eigenvalue weighted by Gasteiger charge is -2.39. The van der Waals surface area contributed by atoms with Crippen molar-refractivity contribution in [1.82, 2.24) is 4.90 Å². The number of ether oxygens (including phenoxy) is 2. The molecule has 1 aliphatic rings. The number of hydrogen-bond acceptors (Lipinski definition) is 5. The van der Waals surface area contributed by atoms with E-state index in [-0.39, 0.29) is 22.3 Å². The standard InChI is InChI=1S/C19H28BrNO5S/c1-18(2,3)26-17(22)21-11-9-19(4,10-12-21)13-25-14-27(23,24)16-7-5-15(20)6-8-16/h5-8H,9-14H2,1-4H3. The third-order valence-corrected chi connectivity index (χ3v) is 6.48. The average molecular weight is 462 g/mol. The van der Waals surface area contributed by atoms with Gasteiger partial charge in [0.15, 0.2) is 5.94 Å². The van der Waals surface area contributed by atoms with Crippen molar-refractivity contribution in [1.29, 1.82) is 0 Å². The van der Waals surface area contributed by atoms with Crippen molar-refractivity contribution in [3.8, 4) is 0 Å². The second kappa shape index (κ2) is 8.49. The summed E-state index contributed by atoms with van der Waals surface area (Å²) in [5.74, 6) is -0.347. The van der Waals surface area contributed by atoms with Crippen LogP contribution in [0.15, 0.2) is 33.6 Å². The summed E-state index contributed by atoms with van der Waals surface area (Å²) in [5, 5.41) is 0. The van der Waals surface area contributed by atoms with Crippen LogP contribution in [-0.4, -0.2) is 50.6 Å². The van der Waals surface area contributed by atoms with Gasteiger partial charge in [-0.25, -0.2) is 13.2 Å². The van der Waals surface area contributed by atoms with Crippen LogP contribution < -0.4 is 0 Å². The fraction of sp³-hybridized carbons (Fsp3) is 0.632. The zero-order valence-electron chi connectivity index (χ0n) is 16.3. The van der Waals surface area contributed by atoms with E-state index in [2.05, 4.69) is 22.9 Å². The normalized spacial score (nSPS) is 17.6. The predicted molar refractivity (Wildman–Crippen MR) is 107 cm³/mol. The lowest BCUT2D eigenvalue weighted by atomic mass is 9.81. The number of carbonyl (C=O) groups is 1. The molecule has 0 radical (unpaired) electrons. The van der Waals surface area contributed by atoms with Crippen molar-refractivity contribution in [2.24, 2.45) is 5.41 Å². The van der Waals surface area contributed by atoms with Crippen LogP contribution in [0.4, 0.5) is 4.79 Å². The van der Waals surface area contributed by atoms with Crippen LogP contribution >= 0.6 is 15.9 Å². The number of nitrogens with zero attached hydrogens (tertiary/aromatic N) is 1. The summed E-state index contributed by atoms with van der Waals surface area (Å²) in [6.07, 6.45) is 1.18. The monoisotopic (exact) mass is 461 g/mol. The highest BCUT2D eigenvalue weighted by atomic mass is 79.9. The molecule has 8 heteroatoms. The van der Waals surface area contributed by atoms with E-state index >= 15 is 0 Å². The summed E-state index contributed by atoms with van der Waals surface area (Å²) in [6, 6.07) is 6.51. The topological polar surface area (TPSA) is 72.9 Å². The maximum atomic E-state index is 12.4. The van der Waals surface area contributed by atoms with Crippen LogP contribution in [0, 0.1) is 5.41 Å². The molecule has 0 atom stereocenters. The summed E-state index contributed by atoms with van der Waals surface area (Å²) in [4.78, 5) is 14.1. The van der Waals surface area contributed by atoms with E-state index in [4.69, 9.17) is 9.47 Å². The van der Waals surface area contributed by atoms with Crippen LogP contribution in [-0.2, 0) is 19.3 Å². The highest BCUT2D eigenvalue weighted by Crippen LogP contribution is 2.32. The molecule has 1 aromatic rings. The SMILES string of the molecule is CC1(COCS(=O)(=O)c2ccc(Br)cc2)CCN(C(=O)OC(C)(C)C)CC1. The van der Waals surface area contributed by atoms with Crippen LogP contribution in [0.3, 0.4) is 0 Å². The number of benzene rings is 1. The van der Waals surface area contributed by atoms with Gasteiger partial charge in [-0.1, -0.05) is 22.9 Å². The van der Waals surface area contributed by atoms with E-state index in [1.807, 2.05) is 20.8 Å². The minimum absolute atomic E-state index is 0.159. The van der Waals surface area contributed by atoms with Crippen molar-refractivity contribution in [2.45, 2.75) is 51.0 Å². The van der Waals surface area contributed by atoms with E-state index in [1.165, 1.54) is 0 Å². The molecule has 2 rings (SSSR count). The first-order valence-corrected chi connectivity index (χ1v) is 11.4. The molecule has 0 saturated carbocycles. The van der Waals surface area contributed by atoms with Crippen LogP contribution in [0.2, 0.25) is 0 Å². The van der Waals surface area contributed by atoms with Gasteiger partial charge >= 0.3 is 6.09 Å². The van der Waals surface area contributed by atoms with Gasteiger partial charge in [0.2, 0.25) is 9.84 Å². The summed E-state index contributed by atoms with van der Waals surface area (Å²) in [6.45, 7) is 9.09. The highest BCUT2D eigenvalue weighted by molar-refractivity contribution is 9.10. The van der Waals surface area contributed by atoms with E-state index in [1.54, 1.807) is 29.2 Å². The fourth-order valence-electron chi connectivity index (χ4n) is 2.81. The molecule has 1 aromatic carbocycles. The van der Waals surface area contributed by atoms with E-state index < -0.39 is 15.4 Å². The van der Waals surface area contributed by atoms with Gasteiger partial charge in [-0.3, -0.25) is 0 Å². The third kappa shape index (κ3) is 6.76. The van der Waals surface area contributed by atoms with Gasteiger partial charge in [-0.15, -0.1) is 0 Å². The van der Waals surface area contributed by atoms with Gasteiger partial charge in [-0.05, 0) is 63.3 Å². The molecular weight excluding hydrogens is 434 g/mol. The molecule has 1 amide bonds. The summed E-state index contributed by atoms with van der Waals surface area (Å²) >= 11 is 3.29. The first kappa shape index (κ1) is 22.2. The van der Waals surface area contributed by atoms with Gasteiger partial charge in [0, 0.05) is 17.6 Å². The van der Waals surface area contributed by atoms with E-state index in [9.17, 15) is 13.2 Å². The van der Waals surface area contributed by atoms with Gasteiger partial charge in [0.05, 0.1) is 11.5 Å². The van der Waals surface area contributed by atoms with E-state index in [0.29, 0.717) is 19.7 Å².